The minimum absolute atomic E-state index is 0.0147. The molecule has 9 heteroatoms. The highest BCUT2D eigenvalue weighted by atomic mass is 16.5. The largest absolute Gasteiger partial charge is 0.459 e. The molecule has 0 atom stereocenters. The van der Waals surface area contributed by atoms with Gasteiger partial charge in [-0.25, -0.2) is 4.98 Å². The molecule has 1 saturated heterocycles. The van der Waals surface area contributed by atoms with Crippen LogP contribution in [0.1, 0.15) is 10.6 Å². The molecule has 3 heterocycles. The molecule has 9 nitrogen and oxygen atoms in total. The first kappa shape index (κ1) is 18.7. The minimum Gasteiger partial charge on any atom is -0.459 e. The van der Waals surface area contributed by atoms with Gasteiger partial charge in [0, 0.05) is 26.2 Å². The third-order valence-corrected chi connectivity index (χ3v) is 4.83. The molecule has 29 heavy (non-hydrogen) atoms. The lowest BCUT2D eigenvalue weighted by molar-refractivity contribution is -0.153. The quantitative estimate of drug-likeness (QED) is 0.600. The Morgan fingerprint density at radius 2 is 1.76 bits per heavy atom. The second-order valence-corrected chi connectivity index (χ2v) is 6.67. The monoisotopic (exact) mass is 396 g/mol. The molecular formula is C20H20N4O5. The first-order valence-electron chi connectivity index (χ1n) is 9.28. The number of carbonyl (C=O) groups excluding carboxylic acids is 3. The molecule has 1 aromatic carbocycles. The number of hydrogen-bond acceptors (Lipinski definition) is 6. The number of para-hydroxylation sites is 2. The van der Waals surface area contributed by atoms with Crippen LogP contribution in [0, 0.1) is 0 Å². The average Bonchev–Trinajstić information content (AvgIpc) is 3.42. The molecule has 2 amide bonds. The summed E-state index contributed by atoms with van der Waals surface area (Å²) in [6.07, 6.45) is 3.02. The van der Waals surface area contributed by atoms with Crippen LogP contribution in [0.5, 0.6) is 0 Å². The van der Waals surface area contributed by atoms with Crippen molar-refractivity contribution in [3.63, 3.8) is 0 Å². The van der Waals surface area contributed by atoms with Gasteiger partial charge in [-0.05, 0) is 24.3 Å². The molecule has 1 aliphatic rings. The number of benzene rings is 1. The number of aromatic nitrogens is 2. The number of hydrogen-bond donors (Lipinski definition) is 0. The van der Waals surface area contributed by atoms with E-state index in [4.69, 9.17) is 9.15 Å². The highest BCUT2D eigenvalue weighted by Crippen LogP contribution is 2.12. The summed E-state index contributed by atoms with van der Waals surface area (Å²) in [5.41, 5.74) is 1.62. The molecule has 0 N–H and O–H groups in total. The number of nitrogens with zero attached hydrogens (tertiary/aromatic N) is 4. The van der Waals surface area contributed by atoms with Crippen molar-refractivity contribution in [2.24, 2.45) is 0 Å². The molecule has 0 unspecified atom stereocenters. The van der Waals surface area contributed by atoms with Crippen LogP contribution in [0.15, 0.2) is 53.4 Å². The maximum Gasteiger partial charge on any atom is 0.326 e. The van der Waals surface area contributed by atoms with E-state index >= 15 is 0 Å². The van der Waals surface area contributed by atoms with E-state index in [0.29, 0.717) is 26.2 Å². The Morgan fingerprint density at radius 3 is 2.52 bits per heavy atom. The number of esters is 1. The van der Waals surface area contributed by atoms with Gasteiger partial charge in [0.1, 0.15) is 6.54 Å². The van der Waals surface area contributed by atoms with Crippen LogP contribution in [0.3, 0.4) is 0 Å². The van der Waals surface area contributed by atoms with Crippen LogP contribution in [0.2, 0.25) is 0 Å². The lowest BCUT2D eigenvalue weighted by Crippen LogP contribution is -2.51. The van der Waals surface area contributed by atoms with E-state index in [2.05, 4.69) is 4.98 Å². The topological polar surface area (TPSA) is 97.9 Å². The number of amides is 2. The summed E-state index contributed by atoms with van der Waals surface area (Å²) in [7, 11) is 0. The lowest BCUT2D eigenvalue weighted by atomic mass is 10.3. The van der Waals surface area contributed by atoms with Gasteiger partial charge in [-0.2, -0.15) is 0 Å². The van der Waals surface area contributed by atoms with E-state index in [-0.39, 0.29) is 30.7 Å². The van der Waals surface area contributed by atoms with E-state index in [1.54, 1.807) is 32.8 Å². The third kappa shape index (κ3) is 4.13. The van der Waals surface area contributed by atoms with Crippen molar-refractivity contribution in [2.45, 2.75) is 6.54 Å². The standard InChI is InChI=1S/C20H20N4O5/c25-18(22-7-9-23(10-8-22)20(27)17-6-3-11-28-17)13-29-19(26)12-24-14-21-15-4-1-2-5-16(15)24/h1-6,11,14H,7-10,12-13H2. The summed E-state index contributed by atoms with van der Waals surface area (Å²) in [5.74, 6) is -0.695. The van der Waals surface area contributed by atoms with Gasteiger partial charge in [-0.1, -0.05) is 12.1 Å². The van der Waals surface area contributed by atoms with Crippen LogP contribution in [-0.4, -0.2) is 69.9 Å². The fourth-order valence-corrected chi connectivity index (χ4v) is 3.27. The first-order chi connectivity index (χ1) is 14.1. The van der Waals surface area contributed by atoms with Crippen molar-refractivity contribution in [1.82, 2.24) is 19.4 Å². The second kappa shape index (κ2) is 8.17. The molecule has 2 aromatic heterocycles. The molecule has 1 aliphatic heterocycles. The number of piperazine rings is 1. The van der Waals surface area contributed by atoms with Gasteiger partial charge >= 0.3 is 5.97 Å². The number of imidazole rings is 1. The Bertz CT molecular complexity index is 1020. The molecule has 0 radical (unpaired) electrons. The lowest BCUT2D eigenvalue weighted by Gasteiger charge is -2.34. The Balaban J connectivity index is 1.24. The Hall–Kier alpha value is -3.62. The maximum absolute atomic E-state index is 12.3. The van der Waals surface area contributed by atoms with Crippen LogP contribution in [0.4, 0.5) is 0 Å². The number of carbonyl (C=O) groups is 3. The van der Waals surface area contributed by atoms with Crippen molar-refractivity contribution in [3.05, 3.63) is 54.7 Å². The van der Waals surface area contributed by atoms with E-state index in [9.17, 15) is 14.4 Å². The predicted molar refractivity (Wildman–Crippen MR) is 102 cm³/mol. The molecule has 4 rings (SSSR count). The Kier molecular flexibility index (Phi) is 5.28. The summed E-state index contributed by atoms with van der Waals surface area (Å²) in [6.45, 7) is 1.24. The zero-order chi connectivity index (χ0) is 20.2. The molecule has 0 spiro atoms. The van der Waals surface area contributed by atoms with Gasteiger partial charge in [-0.3, -0.25) is 14.4 Å². The fraction of sp³-hybridized carbons (Fsp3) is 0.300. The SMILES string of the molecule is O=C(Cn1cnc2ccccc21)OCC(=O)N1CCN(C(=O)c2ccco2)CC1. The van der Waals surface area contributed by atoms with Crippen LogP contribution in [0.25, 0.3) is 11.0 Å². The minimum atomic E-state index is -0.506. The van der Waals surface area contributed by atoms with E-state index < -0.39 is 5.97 Å². The summed E-state index contributed by atoms with van der Waals surface area (Å²) in [5, 5.41) is 0. The molecular weight excluding hydrogens is 376 g/mol. The van der Waals surface area contributed by atoms with Gasteiger partial charge in [-0.15, -0.1) is 0 Å². The Labute approximate surface area is 166 Å². The van der Waals surface area contributed by atoms with Gasteiger partial charge in [0.15, 0.2) is 12.4 Å². The molecule has 0 saturated carbocycles. The van der Waals surface area contributed by atoms with Crippen molar-refractivity contribution in [2.75, 3.05) is 32.8 Å². The van der Waals surface area contributed by atoms with E-state index in [1.807, 2.05) is 24.3 Å². The number of ether oxygens (including phenoxy) is 1. The third-order valence-electron chi connectivity index (χ3n) is 4.83. The van der Waals surface area contributed by atoms with Crippen LogP contribution < -0.4 is 0 Å². The first-order valence-corrected chi connectivity index (χ1v) is 9.28. The van der Waals surface area contributed by atoms with E-state index in [1.165, 1.54) is 6.26 Å². The normalized spacial score (nSPS) is 14.2. The zero-order valence-electron chi connectivity index (χ0n) is 15.7. The van der Waals surface area contributed by atoms with Gasteiger partial charge in [0.25, 0.3) is 11.8 Å². The summed E-state index contributed by atoms with van der Waals surface area (Å²) in [6, 6.07) is 10.7. The van der Waals surface area contributed by atoms with Crippen molar-refractivity contribution in [3.8, 4) is 0 Å². The zero-order valence-corrected chi connectivity index (χ0v) is 15.7. The highest BCUT2D eigenvalue weighted by molar-refractivity contribution is 5.91. The van der Waals surface area contributed by atoms with Crippen molar-refractivity contribution >= 4 is 28.8 Å². The van der Waals surface area contributed by atoms with Gasteiger partial charge < -0.3 is 23.5 Å². The molecule has 0 bridgehead atoms. The average molecular weight is 396 g/mol. The van der Waals surface area contributed by atoms with Crippen LogP contribution >= 0.6 is 0 Å². The summed E-state index contributed by atoms with van der Waals surface area (Å²) >= 11 is 0. The Morgan fingerprint density at radius 1 is 1.00 bits per heavy atom. The second-order valence-electron chi connectivity index (χ2n) is 6.67. The van der Waals surface area contributed by atoms with Gasteiger partial charge in [0.2, 0.25) is 0 Å². The number of furan rings is 1. The van der Waals surface area contributed by atoms with Crippen LogP contribution in [-0.2, 0) is 20.9 Å². The van der Waals surface area contributed by atoms with Gasteiger partial charge in [0.05, 0.1) is 23.6 Å². The van der Waals surface area contributed by atoms with Crippen molar-refractivity contribution in [1.29, 1.82) is 0 Å². The number of rotatable bonds is 5. The number of fused-ring (bicyclic) bond motifs is 1. The summed E-state index contributed by atoms with van der Waals surface area (Å²) < 4.78 is 11.9. The molecule has 150 valence electrons. The van der Waals surface area contributed by atoms with Crippen molar-refractivity contribution < 1.29 is 23.5 Å². The highest BCUT2D eigenvalue weighted by Gasteiger charge is 2.26. The van der Waals surface area contributed by atoms with E-state index in [0.717, 1.165) is 11.0 Å². The predicted octanol–water partition coefficient (Wildman–Crippen LogP) is 1.16. The molecule has 1 fully saturated rings. The smallest absolute Gasteiger partial charge is 0.326 e. The molecule has 3 aromatic rings. The maximum atomic E-state index is 12.3. The molecule has 0 aliphatic carbocycles. The summed E-state index contributed by atoms with van der Waals surface area (Å²) in [4.78, 5) is 44.1. The fourth-order valence-electron chi connectivity index (χ4n) is 3.27.